The van der Waals surface area contributed by atoms with Crippen LogP contribution in [0, 0.1) is 0 Å². The van der Waals surface area contributed by atoms with Gasteiger partial charge in [-0.25, -0.2) is 0 Å². The lowest BCUT2D eigenvalue weighted by Gasteiger charge is -2.06. The number of halogens is 1. The summed E-state index contributed by atoms with van der Waals surface area (Å²) in [5.74, 6) is 0. The first-order valence-corrected chi connectivity index (χ1v) is 15.9. The van der Waals surface area contributed by atoms with Crippen LogP contribution < -0.4 is 0 Å². The molecule has 1 unspecified atom stereocenters. The predicted octanol–water partition coefficient (Wildman–Crippen LogP) is 12.3. The molecular weight excluding hydrogens is 440 g/mol. The summed E-state index contributed by atoms with van der Waals surface area (Å²) in [6, 6.07) is 0. The van der Waals surface area contributed by atoms with Crippen LogP contribution in [-0.2, 0) is 0 Å². The molecule has 0 aliphatic carbocycles. The largest absolute Gasteiger partial charge is 0.0891 e. The minimum absolute atomic E-state index is 0.761. The first-order chi connectivity index (χ1) is 15.3. The lowest BCUT2D eigenvalue weighted by Crippen LogP contribution is -1.94. The van der Waals surface area contributed by atoms with E-state index in [1.165, 1.54) is 173 Å². The molecule has 0 spiro atoms. The highest BCUT2D eigenvalue weighted by molar-refractivity contribution is 9.09. The smallest absolute Gasteiger partial charge is 0.0143 e. The molecule has 0 aromatic rings. The summed E-state index contributed by atoms with van der Waals surface area (Å²) in [6.45, 7) is 4.58. The Morgan fingerprint density at radius 3 is 0.806 bits per heavy atom. The molecule has 0 rings (SSSR count). The van der Waals surface area contributed by atoms with E-state index < -0.39 is 0 Å². The maximum atomic E-state index is 3.74. The summed E-state index contributed by atoms with van der Waals surface area (Å²) >= 11 is 3.74. The zero-order valence-electron chi connectivity index (χ0n) is 22.0. The molecule has 0 heterocycles. The topological polar surface area (TPSA) is 0 Å². The van der Waals surface area contributed by atoms with Gasteiger partial charge in [0.25, 0.3) is 0 Å². The van der Waals surface area contributed by atoms with Crippen molar-refractivity contribution in [3.05, 3.63) is 0 Å². The van der Waals surface area contributed by atoms with E-state index in [9.17, 15) is 0 Å². The van der Waals surface area contributed by atoms with Gasteiger partial charge >= 0.3 is 0 Å². The summed E-state index contributed by atoms with van der Waals surface area (Å²) in [4.78, 5) is 0.761. The Kier molecular flexibility index (Phi) is 29.0. The standard InChI is InChI=1S/C30H61Br/c1-3-5-6-7-8-9-10-11-12-13-14-15-16-17-18-19-20-21-22-23-24-25-26-27-28-29-30(31)4-2/h30H,3-29H2,1-2H3. The van der Waals surface area contributed by atoms with Crippen LogP contribution in [0.2, 0.25) is 0 Å². The molecule has 31 heavy (non-hydrogen) atoms. The van der Waals surface area contributed by atoms with E-state index in [-0.39, 0.29) is 0 Å². The molecule has 0 aromatic heterocycles. The van der Waals surface area contributed by atoms with Crippen molar-refractivity contribution in [2.45, 2.75) is 192 Å². The second-order valence-electron chi connectivity index (χ2n) is 10.3. The van der Waals surface area contributed by atoms with Crippen molar-refractivity contribution in [3.63, 3.8) is 0 Å². The Balaban J connectivity index is 3.01. The number of alkyl halides is 1. The molecule has 0 saturated carbocycles. The molecule has 0 nitrogen and oxygen atoms in total. The maximum absolute atomic E-state index is 3.74. The van der Waals surface area contributed by atoms with Gasteiger partial charge in [0.05, 0.1) is 0 Å². The fourth-order valence-corrected chi connectivity index (χ4v) is 5.03. The fourth-order valence-electron chi connectivity index (χ4n) is 4.71. The molecule has 0 amide bonds. The van der Waals surface area contributed by atoms with E-state index in [2.05, 4.69) is 29.8 Å². The van der Waals surface area contributed by atoms with E-state index in [0.29, 0.717) is 0 Å². The minimum atomic E-state index is 0.761. The van der Waals surface area contributed by atoms with Gasteiger partial charge in [-0.05, 0) is 12.8 Å². The third-order valence-electron chi connectivity index (χ3n) is 7.06. The summed E-state index contributed by atoms with van der Waals surface area (Å²) in [5.41, 5.74) is 0. The maximum Gasteiger partial charge on any atom is 0.0143 e. The third-order valence-corrected chi connectivity index (χ3v) is 8.17. The highest BCUT2D eigenvalue weighted by Gasteiger charge is 2.00. The van der Waals surface area contributed by atoms with E-state index in [4.69, 9.17) is 0 Å². The first-order valence-electron chi connectivity index (χ1n) is 14.9. The molecule has 0 bridgehead atoms. The van der Waals surface area contributed by atoms with Gasteiger partial charge in [0.15, 0.2) is 0 Å². The van der Waals surface area contributed by atoms with E-state index in [0.717, 1.165) is 4.83 Å². The van der Waals surface area contributed by atoms with Gasteiger partial charge in [0, 0.05) is 4.83 Å². The average Bonchev–Trinajstić information content (AvgIpc) is 2.78. The Morgan fingerprint density at radius 2 is 0.581 bits per heavy atom. The zero-order valence-corrected chi connectivity index (χ0v) is 23.6. The summed E-state index contributed by atoms with van der Waals surface area (Å²) < 4.78 is 0. The van der Waals surface area contributed by atoms with Crippen molar-refractivity contribution in [1.29, 1.82) is 0 Å². The van der Waals surface area contributed by atoms with Crippen LogP contribution in [0.5, 0.6) is 0 Å². The van der Waals surface area contributed by atoms with Crippen LogP contribution in [-0.4, -0.2) is 4.83 Å². The van der Waals surface area contributed by atoms with Crippen LogP contribution in [0.3, 0.4) is 0 Å². The molecule has 0 fully saturated rings. The molecule has 1 heteroatoms. The van der Waals surface area contributed by atoms with Gasteiger partial charge in [0.2, 0.25) is 0 Å². The van der Waals surface area contributed by atoms with Crippen LogP contribution in [0.25, 0.3) is 0 Å². The molecular formula is C30H61Br. The van der Waals surface area contributed by atoms with Crippen LogP contribution in [0.1, 0.15) is 187 Å². The quantitative estimate of drug-likeness (QED) is 0.0775. The van der Waals surface area contributed by atoms with Crippen LogP contribution in [0.4, 0.5) is 0 Å². The highest BCUT2D eigenvalue weighted by Crippen LogP contribution is 2.17. The van der Waals surface area contributed by atoms with Gasteiger partial charge in [-0.15, -0.1) is 0 Å². The SMILES string of the molecule is CCCCCCCCCCCCCCCCCCCCCCCCCCCC(Br)CC. The van der Waals surface area contributed by atoms with Crippen LogP contribution in [0.15, 0.2) is 0 Å². The molecule has 188 valence electrons. The van der Waals surface area contributed by atoms with Gasteiger partial charge in [0.1, 0.15) is 0 Å². The van der Waals surface area contributed by atoms with Crippen molar-refractivity contribution in [3.8, 4) is 0 Å². The molecule has 0 N–H and O–H groups in total. The monoisotopic (exact) mass is 500 g/mol. The highest BCUT2D eigenvalue weighted by atomic mass is 79.9. The normalized spacial score (nSPS) is 12.5. The first kappa shape index (κ1) is 31.5. The minimum Gasteiger partial charge on any atom is -0.0891 e. The molecule has 0 radical (unpaired) electrons. The lowest BCUT2D eigenvalue weighted by molar-refractivity contribution is 0.515. The average molecular weight is 502 g/mol. The van der Waals surface area contributed by atoms with Gasteiger partial charge in [-0.2, -0.15) is 0 Å². The second-order valence-corrected chi connectivity index (χ2v) is 11.6. The van der Waals surface area contributed by atoms with Gasteiger partial charge < -0.3 is 0 Å². The fraction of sp³-hybridized carbons (Fsp3) is 1.00. The van der Waals surface area contributed by atoms with Crippen molar-refractivity contribution in [2.75, 3.05) is 0 Å². The summed E-state index contributed by atoms with van der Waals surface area (Å²) in [7, 11) is 0. The Labute approximate surface area is 207 Å². The summed E-state index contributed by atoms with van der Waals surface area (Å²) in [6.07, 6.45) is 39.5. The number of rotatable bonds is 27. The number of hydrogen-bond acceptors (Lipinski definition) is 0. The Morgan fingerprint density at radius 1 is 0.355 bits per heavy atom. The van der Waals surface area contributed by atoms with Crippen molar-refractivity contribution in [1.82, 2.24) is 0 Å². The van der Waals surface area contributed by atoms with E-state index in [1.54, 1.807) is 0 Å². The molecule has 0 aliphatic rings. The van der Waals surface area contributed by atoms with Crippen molar-refractivity contribution >= 4 is 15.9 Å². The number of hydrogen-bond donors (Lipinski definition) is 0. The zero-order chi connectivity index (χ0) is 22.7. The predicted molar refractivity (Wildman–Crippen MR) is 149 cm³/mol. The number of unbranched alkanes of at least 4 members (excludes halogenated alkanes) is 24. The molecule has 0 aliphatic heterocycles. The van der Waals surface area contributed by atoms with Crippen molar-refractivity contribution < 1.29 is 0 Å². The molecule has 0 saturated heterocycles. The van der Waals surface area contributed by atoms with E-state index in [1.807, 2.05) is 0 Å². The van der Waals surface area contributed by atoms with Crippen LogP contribution >= 0.6 is 15.9 Å². The lowest BCUT2D eigenvalue weighted by atomic mass is 10.0. The Bertz CT molecular complexity index is 301. The van der Waals surface area contributed by atoms with E-state index >= 15 is 0 Å². The third kappa shape index (κ3) is 28.4. The van der Waals surface area contributed by atoms with Gasteiger partial charge in [-0.1, -0.05) is 190 Å². The molecule has 0 aromatic carbocycles. The Hall–Kier alpha value is 0.480. The molecule has 1 atom stereocenters. The van der Waals surface area contributed by atoms with Crippen molar-refractivity contribution in [2.24, 2.45) is 0 Å². The summed E-state index contributed by atoms with van der Waals surface area (Å²) in [5, 5.41) is 0. The second kappa shape index (κ2) is 28.5. The van der Waals surface area contributed by atoms with Gasteiger partial charge in [-0.3, -0.25) is 0 Å².